The van der Waals surface area contributed by atoms with Crippen LogP contribution in [0.15, 0.2) is 24.3 Å². The van der Waals surface area contributed by atoms with E-state index in [0.717, 1.165) is 11.3 Å². The van der Waals surface area contributed by atoms with Crippen LogP contribution in [0.3, 0.4) is 0 Å². The number of piperidine rings is 2. The highest BCUT2D eigenvalue weighted by atomic mass is 19.1. The van der Waals surface area contributed by atoms with Crippen LogP contribution in [0.5, 0.6) is 0 Å². The molecule has 0 spiro atoms. The van der Waals surface area contributed by atoms with Crippen molar-refractivity contribution in [2.24, 2.45) is 5.92 Å². The number of fused-ring (bicyclic) bond motifs is 1. The summed E-state index contributed by atoms with van der Waals surface area (Å²) >= 11 is 0. The fourth-order valence-corrected chi connectivity index (χ4v) is 5.16. The quantitative estimate of drug-likeness (QED) is 0.651. The first-order chi connectivity index (χ1) is 15.0. The third-order valence-electron chi connectivity index (χ3n) is 6.79. The summed E-state index contributed by atoms with van der Waals surface area (Å²) < 4.78 is 13.4. The van der Waals surface area contributed by atoms with E-state index in [9.17, 15) is 18.8 Å². The van der Waals surface area contributed by atoms with Gasteiger partial charge in [0.15, 0.2) is 0 Å². The van der Waals surface area contributed by atoms with Gasteiger partial charge >= 0.3 is 6.03 Å². The zero-order valence-electron chi connectivity index (χ0n) is 17.8. The molecule has 168 valence electrons. The summed E-state index contributed by atoms with van der Waals surface area (Å²) in [6, 6.07) is 5.20. The minimum atomic E-state index is -0.713. The van der Waals surface area contributed by atoms with E-state index in [1.54, 1.807) is 12.1 Å². The van der Waals surface area contributed by atoms with Gasteiger partial charge in [-0.1, -0.05) is 18.6 Å². The van der Waals surface area contributed by atoms with Gasteiger partial charge in [-0.3, -0.25) is 14.5 Å². The van der Waals surface area contributed by atoms with Crippen molar-refractivity contribution in [3.05, 3.63) is 35.6 Å². The van der Waals surface area contributed by atoms with Crippen LogP contribution >= 0.6 is 0 Å². The number of urea groups is 1. The predicted octanol–water partition coefficient (Wildman–Crippen LogP) is 2.41. The number of amides is 4. The van der Waals surface area contributed by atoms with E-state index in [-0.39, 0.29) is 31.2 Å². The molecule has 0 radical (unpaired) electrons. The van der Waals surface area contributed by atoms with Crippen molar-refractivity contribution in [1.29, 1.82) is 0 Å². The molecule has 3 heterocycles. The van der Waals surface area contributed by atoms with Crippen molar-refractivity contribution in [2.45, 2.75) is 63.6 Å². The molecule has 3 aliphatic rings. The van der Waals surface area contributed by atoms with Gasteiger partial charge < -0.3 is 15.5 Å². The number of nitrogens with zero attached hydrogens (tertiary/aromatic N) is 2. The van der Waals surface area contributed by atoms with Gasteiger partial charge in [0.05, 0.1) is 6.54 Å². The predicted molar refractivity (Wildman–Crippen MR) is 113 cm³/mol. The lowest BCUT2D eigenvalue weighted by molar-refractivity contribution is -0.128. The molecule has 3 atom stereocenters. The second-order valence-corrected chi connectivity index (χ2v) is 8.90. The maximum absolute atomic E-state index is 13.4. The van der Waals surface area contributed by atoms with Crippen LogP contribution in [0.25, 0.3) is 0 Å². The van der Waals surface area contributed by atoms with Crippen molar-refractivity contribution < 1.29 is 18.8 Å². The van der Waals surface area contributed by atoms with Gasteiger partial charge in [-0.15, -0.1) is 0 Å². The summed E-state index contributed by atoms with van der Waals surface area (Å²) in [6.45, 7) is 3.04. The fourth-order valence-electron chi connectivity index (χ4n) is 5.16. The Kier molecular flexibility index (Phi) is 6.85. The minimum Gasteiger partial charge on any atom is -0.356 e. The summed E-state index contributed by atoms with van der Waals surface area (Å²) in [6.07, 6.45) is 6.52. The molecular weight excluding hydrogens is 399 g/mol. The molecule has 2 N–H and O–H groups in total. The van der Waals surface area contributed by atoms with Crippen molar-refractivity contribution in [2.75, 3.05) is 19.6 Å². The Bertz CT molecular complexity index is 831. The van der Waals surface area contributed by atoms with Gasteiger partial charge in [0, 0.05) is 19.0 Å². The minimum absolute atomic E-state index is 0.0185. The Labute approximate surface area is 182 Å². The summed E-state index contributed by atoms with van der Waals surface area (Å²) in [5.74, 6) is -0.370. The number of carbonyl (C=O) groups excluding carboxylic acids is 3. The molecule has 3 saturated heterocycles. The topological polar surface area (TPSA) is 81.8 Å². The second-order valence-electron chi connectivity index (χ2n) is 8.90. The molecule has 0 aliphatic carbocycles. The number of hydrogen-bond donors (Lipinski definition) is 2. The molecule has 7 nitrogen and oxygen atoms in total. The fraction of sp³-hybridized carbons (Fsp3) is 0.609. The van der Waals surface area contributed by atoms with Crippen molar-refractivity contribution >= 4 is 17.8 Å². The van der Waals surface area contributed by atoms with E-state index in [2.05, 4.69) is 15.5 Å². The summed E-state index contributed by atoms with van der Waals surface area (Å²) in [4.78, 5) is 40.8. The van der Waals surface area contributed by atoms with Crippen LogP contribution in [-0.4, -0.2) is 59.4 Å². The zero-order chi connectivity index (χ0) is 21.8. The van der Waals surface area contributed by atoms with E-state index in [1.807, 2.05) is 0 Å². The molecule has 0 aromatic heterocycles. The lowest BCUT2D eigenvalue weighted by Gasteiger charge is -2.44. The maximum Gasteiger partial charge on any atom is 0.325 e. The highest BCUT2D eigenvalue weighted by Gasteiger charge is 2.38. The molecule has 3 aliphatic heterocycles. The second kappa shape index (κ2) is 9.77. The highest BCUT2D eigenvalue weighted by Crippen LogP contribution is 2.30. The summed E-state index contributed by atoms with van der Waals surface area (Å²) in [5, 5.41) is 5.69. The summed E-state index contributed by atoms with van der Waals surface area (Å²) in [5.41, 5.74) is 0.547. The number of carbonyl (C=O) groups is 3. The van der Waals surface area contributed by atoms with E-state index in [4.69, 9.17) is 0 Å². The van der Waals surface area contributed by atoms with Gasteiger partial charge in [0.25, 0.3) is 5.91 Å². The van der Waals surface area contributed by atoms with Crippen LogP contribution in [0.2, 0.25) is 0 Å². The molecule has 4 rings (SSSR count). The maximum atomic E-state index is 13.4. The number of imide groups is 1. The number of benzene rings is 1. The average molecular weight is 431 g/mol. The van der Waals surface area contributed by atoms with Gasteiger partial charge in [0.2, 0.25) is 5.91 Å². The first-order valence-electron chi connectivity index (χ1n) is 11.4. The molecule has 1 unspecified atom stereocenters. The molecule has 31 heavy (non-hydrogen) atoms. The largest absolute Gasteiger partial charge is 0.356 e. The smallest absolute Gasteiger partial charge is 0.325 e. The molecule has 1 aromatic carbocycles. The van der Waals surface area contributed by atoms with Gasteiger partial charge in [-0.05, 0) is 68.8 Å². The highest BCUT2D eigenvalue weighted by molar-refractivity contribution is 6.04. The number of rotatable bonds is 7. The average Bonchev–Trinajstić information content (AvgIpc) is 3.04. The number of halogens is 1. The molecule has 0 saturated carbocycles. The molecule has 1 aromatic rings. The normalized spacial score (nSPS) is 26.5. The van der Waals surface area contributed by atoms with Crippen molar-refractivity contribution in [3.8, 4) is 0 Å². The molecule has 8 heteroatoms. The Morgan fingerprint density at radius 2 is 2.00 bits per heavy atom. The van der Waals surface area contributed by atoms with E-state index in [1.165, 1.54) is 50.9 Å². The van der Waals surface area contributed by atoms with Gasteiger partial charge in [0.1, 0.15) is 11.9 Å². The van der Waals surface area contributed by atoms with Gasteiger partial charge in [-0.25, -0.2) is 9.18 Å². The van der Waals surface area contributed by atoms with Crippen molar-refractivity contribution in [3.63, 3.8) is 0 Å². The van der Waals surface area contributed by atoms with Crippen LogP contribution in [-0.2, 0) is 16.1 Å². The monoisotopic (exact) mass is 430 g/mol. The molecule has 0 bridgehead atoms. The van der Waals surface area contributed by atoms with Crippen LogP contribution in [0.4, 0.5) is 9.18 Å². The number of hydrogen-bond acceptors (Lipinski definition) is 4. The Hall–Kier alpha value is -2.48. The standard InChI is InChI=1S/C23H31FN4O3/c24-18-7-3-5-16(13-18)15-28-22(30)19(26-23(28)31)9-10-21(29)25-14-17-6-4-12-27-11-2-1-8-20(17)27/h3,5,7,13,17,19-20H,1-2,4,6,8-12,14-15H2,(H,25,29)(H,26,31)/t17-,19?,20+/m0/s1. The lowest BCUT2D eigenvalue weighted by Crippen LogP contribution is -2.51. The van der Waals surface area contributed by atoms with Gasteiger partial charge in [-0.2, -0.15) is 0 Å². The third kappa shape index (κ3) is 5.23. The molecule has 3 fully saturated rings. The Balaban J connectivity index is 1.23. The first kappa shape index (κ1) is 21.7. The van der Waals surface area contributed by atoms with E-state index in [0.29, 0.717) is 24.1 Å². The SMILES string of the molecule is O=C(CCC1NC(=O)N(Cc2cccc(F)c2)C1=O)NC[C@@H]1CCCN2CCCC[C@H]12. The van der Waals surface area contributed by atoms with E-state index >= 15 is 0 Å². The summed E-state index contributed by atoms with van der Waals surface area (Å²) in [7, 11) is 0. The first-order valence-corrected chi connectivity index (χ1v) is 11.4. The van der Waals surface area contributed by atoms with Crippen LogP contribution < -0.4 is 10.6 Å². The molecule has 4 amide bonds. The van der Waals surface area contributed by atoms with Crippen LogP contribution in [0, 0.1) is 11.7 Å². The van der Waals surface area contributed by atoms with Crippen LogP contribution in [0.1, 0.15) is 50.5 Å². The zero-order valence-corrected chi connectivity index (χ0v) is 17.8. The van der Waals surface area contributed by atoms with Crippen molar-refractivity contribution in [1.82, 2.24) is 20.4 Å². The third-order valence-corrected chi connectivity index (χ3v) is 6.79. The van der Waals surface area contributed by atoms with E-state index < -0.39 is 17.9 Å². The molecular formula is C23H31FN4O3. The Morgan fingerprint density at radius 1 is 1.16 bits per heavy atom. The number of nitrogens with one attached hydrogen (secondary N) is 2. The Morgan fingerprint density at radius 3 is 2.84 bits per heavy atom. The lowest BCUT2D eigenvalue weighted by atomic mass is 9.83.